The average molecular weight is 404 g/mol. The van der Waals surface area contributed by atoms with Gasteiger partial charge in [-0.3, -0.25) is 4.90 Å². The third kappa shape index (κ3) is 2.52. The zero-order chi connectivity index (χ0) is 13.4. The standard InChI is InChI=1S/C12H9Br2ClN4/c13-18-6-9(10-3-1-2-4-11(10)15)5-17-8-16-19(14)12(17)7-18/h1-5,7-8H,6H2. The molecule has 0 amide bonds. The minimum absolute atomic E-state index is 0.707. The molecule has 19 heavy (non-hydrogen) atoms. The number of nitrogens with zero attached hydrogens (tertiary/aromatic N) is 4. The molecule has 2 aliphatic rings. The van der Waals surface area contributed by atoms with Gasteiger partial charge in [-0.15, -0.1) is 5.10 Å². The van der Waals surface area contributed by atoms with Crippen LogP contribution in [-0.2, 0) is 0 Å². The van der Waals surface area contributed by atoms with E-state index in [9.17, 15) is 0 Å². The van der Waals surface area contributed by atoms with Crippen molar-refractivity contribution in [3.63, 3.8) is 0 Å². The topological polar surface area (TPSA) is 22.1 Å². The zero-order valence-electron chi connectivity index (χ0n) is 9.67. The van der Waals surface area contributed by atoms with Crippen LogP contribution in [0.15, 0.2) is 47.6 Å². The molecule has 98 valence electrons. The summed E-state index contributed by atoms with van der Waals surface area (Å²) < 4.78 is 3.55. The van der Waals surface area contributed by atoms with E-state index in [4.69, 9.17) is 11.6 Å². The Morgan fingerprint density at radius 2 is 1.95 bits per heavy atom. The van der Waals surface area contributed by atoms with Crippen molar-refractivity contribution in [1.29, 1.82) is 0 Å². The smallest absolute Gasteiger partial charge is 0.164 e. The van der Waals surface area contributed by atoms with E-state index < -0.39 is 0 Å². The highest BCUT2D eigenvalue weighted by atomic mass is 79.9. The normalized spacial score (nSPS) is 18.2. The maximum Gasteiger partial charge on any atom is 0.164 e. The average Bonchev–Trinajstić information content (AvgIpc) is 2.62. The van der Waals surface area contributed by atoms with Gasteiger partial charge in [0.25, 0.3) is 0 Å². The monoisotopic (exact) mass is 402 g/mol. The molecular weight excluding hydrogens is 395 g/mol. The Bertz CT molecular complexity index is 599. The van der Waals surface area contributed by atoms with E-state index in [1.165, 1.54) is 0 Å². The molecule has 0 unspecified atom stereocenters. The highest BCUT2D eigenvalue weighted by molar-refractivity contribution is 9.07. The van der Waals surface area contributed by atoms with Gasteiger partial charge in [-0.1, -0.05) is 29.8 Å². The van der Waals surface area contributed by atoms with E-state index in [0.717, 1.165) is 22.0 Å². The van der Waals surface area contributed by atoms with E-state index in [1.54, 1.807) is 10.4 Å². The quantitative estimate of drug-likeness (QED) is 0.661. The Kier molecular flexibility index (Phi) is 3.56. The van der Waals surface area contributed by atoms with Crippen LogP contribution in [-0.4, -0.2) is 25.7 Å². The molecule has 0 N–H and O–H groups in total. The molecule has 0 fully saturated rings. The van der Waals surface area contributed by atoms with Crippen molar-refractivity contribution < 1.29 is 0 Å². The summed E-state index contributed by atoms with van der Waals surface area (Å²) >= 11 is 13.1. The molecule has 0 aromatic heterocycles. The van der Waals surface area contributed by atoms with Crippen LogP contribution >= 0.6 is 43.9 Å². The Hall–Kier alpha value is -0.980. The lowest BCUT2D eigenvalue weighted by molar-refractivity contribution is 0.543. The molecule has 4 nitrogen and oxygen atoms in total. The van der Waals surface area contributed by atoms with Gasteiger partial charge in [0, 0.05) is 27.4 Å². The predicted molar refractivity (Wildman–Crippen MR) is 84.2 cm³/mol. The molecule has 0 saturated carbocycles. The summed E-state index contributed by atoms with van der Waals surface area (Å²) in [6, 6.07) is 7.81. The third-order valence-electron chi connectivity index (χ3n) is 2.82. The van der Waals surface area contributed by atoms with Crippen molar-refractivity contribution in [2.45, 2.75) is 0 Å². The van der Waals surface area contributed by atoms with Crippen molar-refractivity contribution in [1.82, 2.24) is 12.9 Å². The number of halogens is 3. The molecule has 0 radical (unpaired) electrons. The van der Waals surface area contributed by atoms with Crippen LogP contribution in [0, 0.1) is 0 Å². The summed E-state index contributed by atoms with van der Waals surface area (Å²) in [5.41, 5.74) is 2.12. The minimum atomic E-state index is 0.707. The Morgan fingerprint density at radius 3 is 2.74 bits per heavy atom. The number of fused-ring (bicyclic) bond motifs is 1. The van der Waals surface area contributed by atoms with Crippen molar-refractivity contribution in [2.75, 3.05) is 6.54 Å². The Labute approximate surface area is 133 Å². The van der Waals surface area contributed by atoms with Gasteiger partial charge in [-0.25, -0.2) is 0 Å². The second kappa shape index (κ2) is 5.19. The van der Waals surface area contributed by atoms with Gasteiger partial charge < -0.3 is 3.93 Å². The van der Waals surface area contributed by atoms with Gasteiger partial charge in [-0.05, 0) is 17.2 Å². The molecular formula is C12H9Br2ClN4. The molecule has 0 bridgehead atoms. The van der Waals surface area contributed by atoms with Gasteiger partial charge in [0.15, 0.2) is 5.82 Å². The van der Waals surface area contributed by atoms with Gasteiger partial charge in [0.05, 0.1) is 28.9 Å². The van der Waals surface area contributed by atoms with Crippen LogP contribution in [0.25, 0.3) is 5.57 Å². The molecule has 7 heteroatoms. The Balaban J connectivity index is 2.03. The maximum absolute atomic E-state index is 6.27. The highest BCUT2D eigenvalue weighted by Crippen LogP contribution is 2.31. The van der Waals surface area contributed by atoms with Crippen LogP contribution in [0.5, 0.6) is 0 Å². The van der Waals surface area contributed by atoms with Crippen LogP contribution in [0.2, 0.25) is 5.02 Å². The first kappa shape index (κ1) is 13.0. The van der Waals surface area contributed by atoms with E-state index in [-0.39, 0.29) is 0 Å². The van der Waals surface area contributed by atoms with Gasteiger partial charge >= 0.3 is 0 Å². The first-order valence-electron chi connectivity index (χ1n) is 5.53. The van der Waals surface area contributed by atoms with Gasteiger partial charge in [0.1, 0.15) is 6.34 Å². The van der Waals surface area contributed by atoms with Crippen LogP contribution in [0.4, 0.5) is 0 Å². The molecule has 1 aromatic rings. The number of hydrogen-bond acceptors (Lipinski definition) is 4. The second-order valence-corrected chi connectivity index (χ2v) is 6.07. The number of rotatable bonds is 1. The lowest BCUT2D eigenvalue weighted by atomic mass is 10.1. The fourth-order valence-corrected chi connectivity index (χ4v) is 3.01. The number of hydrazone groups is 1. The SMILES string of the molecule is Clc1ccccc1C1=CN2C=NN(Br)C2=CN(Br)C1. The van der Waals surface area contributed by atoms with E-state index in [0.29, 0.717) is 6.54 Å². The fourth-order valence-electron chi connectivity index (χ4n) is 1.95. The summed E-state index contributed by atoms with van der Waals surface area (Å²) in [4.78, 5) is 1.94. The van der Waals surface area contributed by atoms with Crippen LogP contribution < -0.4 is 0 Å². The predicted octanol–water partition coefficient (Wildman–Crippen LogP) is 3.98. The summed E-state index contributed by atoms with van der Waals surface area (Å²) in [5, 5.41) is 4.91. The Morgan fingerprint density at radius 1 is 1.16 bits per heavy atom. The van der Waals surface area contributed by atoms with Crippen molar-refractivity contribution in [3.05, 3.63) is 53.1 Å². The van der Waals surface area contributed by atoms with E-state index >= 15 is 0 Å². The summed E-state index contributed by atoms with van der Waals surface area (Å²) in [6.45, 7) is 0.707. The van der Waals surface area contributed by atoms with Crippen molar-refractivity contribution >= 4 is 55.8 Å². The first-order valence-corrected chi connectivity index (χ1v) is 7.33. The summed E-state index contributed by atoms with van der Waals surface area (Å²) in [7, 11) is 0. The first-order chi connectivity index (χ1) is 9.15. The van der Waals surface area contributed by atoms with Crippen LogP contribution in [0.1, 0.15) is 5.56 Å². The van der Waals surface area contributed by atoms with Gasteiger partial charge in [-0.2, -0.15) is 4.03 Å². The summed E-state index contributed by atoms with van der Waals surface area (Å²) in [5.74, 6) is 0.902. The second-order valence-electron chi connectivity index (χ2n) is 4.08. The van der Waals surface area contributed by atoms with E-state index in [2.05, 4.69) is 37.4 Å². The van der Waals surface area contributed by atoms with Gasteiger partial charge in [0.2, 0.25) is 0 Å². The van der Waals surface area contributed by atoms with Crippen molar-refractivity contribution in [3.8, 4) is 0 Å². The summed E-state index contributed by atoms with van der Waals surface area (Å²) in [6.07, 6.45) is 5.71. The molecule has 2 heterocycles. The molecule has 0 aliphatic carbocycles. The maximum atomic E-state index is 6.27. The van der Waals surface area contributed by atoms with E-state index in [1.807, 2.05) is 45.5 Å². The fraction of sp³-hybridized carbons (Fsp3) is 0.0833. The lowest BCUT2D eigenvalue weighted by Gasteiger charge is -2.13. The van der Waals surface area contributed by atoms with Crippen LogP contribution in [0.3, 0.4) is 0 Å². The molecule has 3 rings (SSSR count). The molecule has 0 spiro atoms. The highest BCUT2D eigenvalue weighted by Gasteiger charge is 2.23. The van der Waals surface area contributed by atoms with Crippen molar-refractivity contribution in [2.24, 2.45) is 5.10 Å². The molecule has 0 atom stereocenters. The molecule has 1 aromatic carbocycles. The molecule has 2 aliphatic heterocycles. The largest absolute Gasteiger partial charge is 0.308 e. The zero-order valence-corrected chi connectivity index (χ0v) is 13.6. The molecule has 0 saturated heterocycles. The number of hydrogen-bond donors (Lipinski definition) is 0. The number of benzene rings is 1. The third-order valence-corrected chi connectivity index (χ3v) is 4.15. The minimum Gasteiger partial charge on any atom is -0.308 e. The lowest BCUT2D eigenvalue weighted by Crippen LogP contribution is -2.14.